The Morgan fingerprint density at radius 3 is 2.38 bits per heavy atom. The molecule has 5 rings (SSSR count). The van der Waals surface area contributed by atoms with E-state index in [4.69, 9.17) is 9.47 Å². The van der Waals surface area contributed by atoms with Crippen molar-refractivity contribution in [3.05, 3.63) is 101 Å². The summed E-state index contributed by atoms with van der Waals surface area (Å²) in [7, 11) is 0. The van der Waals surface area contributed by atoms with Crippen LogP contribution in [0, 0.1) is 0 Å². The topological polar surface area (TPSA) is 21.7 Å². The van der Waals surface area contributed by atoms with Crippen molar-refractivity contribution in [3.8, 4) is 11.5 Å². The van der Waals surface area contributed by atoms with Gasteiger partial charge in [-0.25, -0.2) is 0 Å². The molecule has 0 unspecified atom stereocenters. The number of hydrogen-bond acceptors (Lipinski definition) is 3. The molecule has 1 saturated heterocycles. The predicted molar refractivity (Wildman–Crippen MR) is 130 cm³/mol. The number of benzene rings is 3. The second-order valence-electron chi connectivity index (χ2n) is 8.67. The molecular formula is C29H31NO2. The molecule has 3 aromatic rings. The van der Waals surface area contributed by atoms with E-state index in [0.717, 1.165) is 37.5 Å². The third kappa shape index (κ3) is 5.05. The Morgan fingerprint density at radius 2 is 1.56 bits per heavy atom. The van der Waals surface area contributed by atoms with Gasteiger partial charge in [-0.3, -0.25) is 4.90 Å². The average Bonchev–Trinajstić information content (AvgIpc) is 3.37. The van der Waals surface area contributed by atoms with Gasteiger partial charge in [-0.15, -0.1) is 0 Å². The van der Waals surface area contributed by atoms with Gasteiger partial charge in [0.2, 0.25) is 0 Å². The summed E-state index contributed by atoms with van der Waals surface area (Å²) in [6.07, 6.45) is 7.12. The first kappa shape index (κ1) is 20.8. The van der Waals surface area contributed by atoms with E-state index in [1.165, 1.54) is 53.8 Å². The van der Waals surface area contributed by atoms with Crippen LogP contribution in [-0.4, -0.2) is 31.1 Å². The average molecular weight is 426 g/mol. The van der Waals surface area contributed by atoms with Gasteiger partial charge >= 0.3 is 0 Å². The minimum absolute atomic E-state index is 0.599. The zero-order valence-corrected chi connectivity index (χ0v) is 18.6. The second kappa shape index (κ2) is 10.1. The monoisotopic (exact) mass is 425 g/mol. The van der Waals surface area contributed by atoms with Crippen molar-refractivity contribution in [2.45, 2.75) is 32.3 Å². The maximum absolute atomic E-state index is 6.05. The molecule has 0 saturated carbocycles. The molecule has 1 aliphatic carbocycles. The first-order chi connectivity index (χ1) is 15.8. The number of allylic oxidation sites excluding steroid dienone is 1. The van der Waals surface area contributed by atoms with Crippen LogP contribution in [0.3, 0.4) is 0 Å². The molecule has 0 N–H and O–H groups in total. The third-order valence-corrected chi connectivity index (χ3v) is 6.42. The van der Waals surface area contributed by atoms with Crippen molar-refractivity contribution in [2.75, 3.05) is 26.2 Å². The summed E-state index contributed by atoms with van der Waals surface area (Å²) in [5.41, 5.74) is 6.42. The molecule has 1 aliphatic heterocycles. The van der Waals surface area contributed by atoms with Crippen LogP contribution < -0.4 is 9.47 Å². The van der Waals surface area contributed by atoms with Crippen molar-refractivity contribution in [3.63, 3.8) is 0 Å². The molecule has 3 heteroatoms. The van der Waals surface area contributed by atoms with E-state index in [-0.39, 0.29) is 0 Å². The van der Waals surface area contributed by atoms with Crippen molar-refractivity contribution in [2.24, 2.45) is 0 Å². The Hall–Kier alpha value is -3.04. The minimum atomic E-state index is 0.599. The largest absolute Gasteiger partial charge is 0.492 e. The van der Waals surface area contributed by atoms with Gasteiger partial charge in [0.15, 0.2) is 0 Å². The molecule has 32 heavy (non-hydrogen) atoms. The zero-order chi connectivity index (χ0) is 21.6. The van der Waals surface area contributed by atoms with E-state index in [1.54, 1.807) is 0 Å². The van der Waals surface area contributed by atoms with Gasteiger partial charge in [-0.1, -0.05) is 54.6 Å². The molecule has 0 spiro atoms. The van der Waals surface area contributed by atoms with Crippen LogP contribution in [0.25, 0.3) is 5.57 Å². The van der Waals surface area contributed by atoms with Crippen LogP contribution in [-0.2, 0) is 13.0 Å². The smallest absolute Gasteiger partial charge is 0.120 e. The van der Waals surface area contributed by atoms with Gasteiger partial charge in [0, 0.05) is 6.54 Å². The molecule has 1 fully saturated rings. The summed E-state index contributed by atoms with van der Waals surface area (Å²) in [6, 6.07) is 25.4. The fraction of sp³-hybridized carbons (Fsp3) is 0.310. The van der Waals surface area contributed by atoms with Crippen LogP contribution in [0.5, 0.6) is 11.5 Å². The molecule has 3 nitrogen and oxygen atoms in total. The highest BCUT2D eigenvalue weighted by Gasteiger charge is 2.16. The molecule has 0 amide bonds. The van der Waals surface area contributed by atoms with E-state index in [0.29, 0.717) is 6.61 Å². The van der Waals surface area contributed by atoms with Crippen molar-refractivity contribution in [1.29, 1.82) is 0 Å². The van der Waals surface area contributed by atoms with Crippen molar-refractivity contribution < 1.29 is 9.47 Å². The van der Waals surface area contributed by atoms with E-state index in [2.05, 4.69) is 65.6 Å². The maximum Gasteiger partial charge on any atom is 0.120 e. The lowest BCUT2D eigenvalue weighted by molar-refractivity contribution is 0.238. The standard InChI is InChI=1S/C29H31NO2/c1-2-7-23(8-3-1)22-32-27-15-16-29-25(21-27)9-6-10-28(29)24-11-13-26(14-12-24)31-20-19-30-17-4-5-18-30/h1-3,7-8,10-16,21H,4-6,9,17-20,22H2. The molecule has 0 bridgehead atoms. The number of likely N-dealkylation sites (tertiary alicyclic amines) is 1. The zero-order valence-electron chi connectivity index (χ0n) is 18.6. The van der Waals surface area contributed by atoms with Gasteiger partial charge in [-0.05, 0) is 90.9 Å². The number of aryl methyl sites for hydroxylation is 1. The second-order valence-corrected chi connectivity index (χ2v) is 8.67. The lowest BCUT2D eigenvalue weighted by Gasteiger charge is -2.20. The van der Waals surface area contributed by atoms with E-state index < -0.39 is 0 Å². The Balaban J connectivity index is 1.22. The normalized spacial score (nSPS) is 15.8. The minimum Gasteiger partial charge on any atom is -0.492 e. The number of hydrogen-bond donors (Lipinski definition) is 0. The molecular weight excluding hydrogens is 394 g/mol. The van der Waals surface area contributed by atoms with Crippen LogP contribution in [0.4, 0.5) is 0 Å². The van der Waals surface area contributed by atoms with Crippen molar-refractivity contribution in [1.82, 2.24) is 4.90 Å². The molecule has 0 radical (unpaired) electrons. The highest BCUT2D eigenvalue weighted by atomic mass is 16.5. The highest BCUT2D eigenvalue weighted by molar-refractivity contribution is 5.83. The summed E-state index contributed by atoms with van der Waals surface area (Å²) in [5.74, 6) is 1.89. The molecule has 164 valence electrons. The van der Waals surface area contributed by atoms with E-state index >= 15 is 0 Å². The SMILES string of the molecule is C1=C(c2ccc(OCCN3CCCC3)cc2)c2ccc(OCc3ccccc3)cc2CC1. The van der Waals surface area contributed by atoms with Crippen LogP contribution in [0.2, 0.25) is 0 Å². The quantitative estimate of drug-likeness (QED) is 0.434. The Morgan fingerprint density at radius 1 is 0.781 bits per heavy atom. The summed E-state index contributed by atoms with van der Waals surface area (Å²) < 4.78 is 12.0. The van der Waals surface area contributed by atoms with Gasteiger partial charge < -0.3 is 9.47 Å². The Labute approximate surface area is 191 Å². The highest BCUT2D eigenvalue weighted by Crippen LogP contribution is 2.34. The first-order valence-electron chi connectivity index (χ1n) is 11.8. The summed E-state index contributed by atoms with van der Waals surface area (Å²) >= 11 is 0. The summed E-state index contributed by atoms with van der Waals surface area (Å²) in [6.45, 7) is 4.82. The number of nitrogens with zero attached hydrogens (tertiary/aromatic N) is 1. The maximum atomic E-state index is 6.05. The molecule has 2 aliphatic rings. The molecule has 1 heterocycles. The van der Waals surface area contributed by atoms with Crippen LogP contribution >= 0.6 is 0 Å². The lowest BCUT2D eigenvalue weighted by Crippen LogP contribution is -2.25. The van der Waals surface area contributed by atoms with Gasteiger partial charge in [0.1, 0.15) is 24.7 Å². The fourth-order valence-electron chi connectivity index (χ4n) is 4.66. The Bertz CT molecular complexity index is 1050. The first-order valence-corrected chi connectivity index (χ1v) is 11.8. The number of rotatable bonds is 8. The summed E-state index contributed by atoms with van der Waals surface area (Å²) in [5, 5.41) is 0. The fourth-order valence-corrected chi connectivity index (χ4v) is 4.66. The summed E-state index contributed by atoms with van der Waals surface area (Å²) in [4.78, 5) is 2.48. The van der Waals surface area contributed by atoms with Crippen molar-refractivity contribution >= 4 is 5.57 Å². The van der Waals surface area contributed by atoms with Crippen LogP contribution in [0.1, 0.15) is 41.5 Å². The van der Waals surface area contributed by atoms with Gasteiger partial charge in [0.05, 0.1) is 0 Å². The van der Waals surface area contributed by atoms with E-state index in [9.17, 15) is 0 Å². The van der Waals surface area contributed by atoms with Gasteiger partial charge in [0.25, 0.3) is 0 Å². The Kier molecular flexibility index (Phi) is 6.55. The number of fused-ring (bicyclic) bond motifs is 1. The molecule has 3 aromatic carbocycles. The van der Waals surface area contributed by atoms with Gasteiger partial charge in [-0.2, -0.15) is 0 Å². The predicted octanol–water partition coefficient (Wildman–Crippen LogP) is 6.12. The van der Waals surface area contributed by atoms with Crippen LogP contribution in [0.15, 0.2) is 78.9 Å². The molecule has 0 aromatic heterocycles. The molecule has 0 atom stereocenters. The van der Waals surface area contributed by atoms with E-state index in [1.807, 2.05) is 18.2 Å². The lowest BCUT2D eigenvalue weighted by atomic mass is 9.87. The number of ether oxygens (including phenoxy) is 2. The third-order valence-electron chi connectivity index (χ3n) is 6.42.